The van der Waals surface area contributed by atoms with Crippen LogP contribution >= 0.6 is 0 Å². The van der Waals surface area contributed by atoms with E-state index in [2.05, 4.69) is 20.1 Å². The van der Waals surface area contributed by atoms with E-state index >= 15 is 0 Å². The van der Waals surface area contributed by atoms with Crippen LogP contribution in [0.5, 0.6) is 0 Å². The van der Waals surface area contributed by atoms with Gasteiger partial charge in [-0.1, -0.05) is 63.0 Å². The molecule has 98 valence electrons. The van der Waals surface area contributed by atoms with E-state index in [1.54, 1.807) is 0 Å². The molecule has 0 aliphatic heterocycles. The second kappa shape index (κ2) is 9.29. The Morgan fingerprint density at radius 1 is 1.11 bits per heavy atom. The molecule has 0 aliphatic rings. The largest absolute Gasteiger partial charge is 0.398 e. The van der Waals surface area contributed by atoms with Gasteiger partial charge in [0.25, 0.3) is 0 Å². The van der Waals surface area contributed by atoms with E-state index in [0.717, 1.165) is 35.3 Å². The highest BCUT2D eigenvalue weighted by Gasteiger charge is 2.04. The van der Waals surface area contributed by atoms with Crippen molar-refractivity contribution in [3.63, 3.8) is 0 Å². The van der Waals surface area contributed by atoms with E-state index in [0.29, 0.717) is 0 Å². The summed E-state index contributed by atoms with van der Waals surface area (Å²) in [5.74, 6) is 0. The first-order valence-electron chi connectivity index (χ1n) is 6.34. The monoisotopic (exact) mass is 243 g/mol. The van der Waals surface area contributed by atoms with E-state index in [-0.39, 0.29) is 0 Å². The first-order chi connectivity index (χ1) is 8.54. The molecule has 0 saturated heterocycles. The van der Waals surface area contributed by atoms with Gasteiger partial charge in [-0.3, -0.25) is 0 Å². The van der Waals surface area contributed by atoms with Crippen molar-refractivity contribution in [3.05, 3.63) is 72.0 Å². The first-order valence-corrected chi connectivity index (χ1v) is 6.34. The van der Waals surface area contributed by atoms with Gasteiger partial charge in [-0.05, 0) is 37.0 Å². The molecule has 0 aromatic heterocycles. The van der Waals surface area contributed by atoms with Gasteiger partial charge in [0.1, 0.15) is 0 Å². The number of rotatable bonds is 7. The molecule has 0 aromatic rings. The summed E-state index contributed by atoms with van der Waals surface area (Å²) < 4.78 is 0. The van der Waals surface area contributed by atoms with Gasteiger partial charge in [-0.2, -0.15) is 0 Å². The fourth-order valence-electron chi connectivity index (χ4n) is 1.41. The van der Waals surface area contributed by atoms with Gasteiger partial charge < -0.3 is 5.73 Å². The molecule has 18 heavy (non-hydrogen) atoms. The van der Waals surface area contributed by atoms with Crippen LogP contribution in [0, 0.1) is 0 Å². The van der Waals surface area contributed by atoms with Crippen molar-refractivity contribution in [3.8, 4) is 0 Å². The molecule has 0 radical (unpaired) electrons. The second-order valence-electron chi connectivity index (χ2n) is 4.20. The third-order valence-corrected chi connectivity index (χ3v) is 2.60. The van der Waals surface area contributed by atoms with Crippen LogP contribution in [-0.4, -0.2) is 0 Å². The van der Waals surface area contributed by atoms with E-state index in [4.69, 9.17) is 5.73 Å². The normalized spacial score (nSPS) is 13.5. The zero-order valence-electron chi connectivity index (χ0n) is 11.9. The maximum Gasteiger partial charge on any atom is 0.0413 e. The Balaban J connectivity index is 4.70. The summed E-state index contributed by atoms with van der Waals surface area (Å²) in [5, 5.41) is 0. The summed E-state index contributed by atoms with van der Waals surface area (Å²) in [7, 11) is 0. The summed E-state index contributed by atoms with van der Waals surface area (Å²) in [4.78, 5) is 0. The van der Waals surface area contributed by atoms with Crippen molar-refractivity contribution < 1.29 is 0 Å². The molecular formula is C17H25N. The van der Waals surface area contributed by atoms with Gasteiger partial charge >= 0.3 is 0 Å². The van der Waals surface area contributed by atoms with Crippen molar-refractivity contribution in [2.24, 2.45) is 5.73 Å². The van der Waals surface area contributed by atoms with Crippen LogP contribution in [0.3, 0.4) is 0 Å². The Hall–Kier alpha value is -1.76. The van der Waals surface area contributed by atoms with E-state index in [1.165, 1.54) is 0 Å². The average Bonchev–Trinajstić information content (AvgIpc) is 2.36. The third-order valence-electron chi connectivity index (χ3n) is 2.60. The fourth-order valence-corrected chi connectivity index (χ4v) is 1.41. The predicted octanol–water partition coefficient (Wildman–Crippen LogP) is 4.82. The Kier molecular flexibility index (Phi) is 8.38. The lowest BCUT2D eigenvalue weighted by atomic mass is 9.99. The van der Waals surface area contributed by atoms with Crippen LogP contribution < -0.4 is 5.73 Å². The van der Waals surface area contributed by atoms with Crippen LogP contribution in [0.25, 0.3) is 0 Å². The maximum atomic E-state index is 6.06. The van der Waals surface area contributed by atoms with Crippen LogP contribution in [-0.2, 0) is 0 Å². The maximum absolute atomic E-state index is 6.06. The van der Waals surface area contributed by atoms with Gasteiger partial charge in [-0.25, -0.2) is 0 Å². The lowest BCUT2D eigenvalue weighted by molar-refractivity contribution is 0.916. The molecular weight excluding hydrogens is 218 g/mol. The molecule has 0 rings (SSSR count). The van der Waals surface area contributed by atoms with Crippen molar-refractivity contribution in [1.29, 1.82) is 0 Å². The topological polar surface area (TPSA) is 26.0 Å². The molecule has 0 amide bonds. The second-order valence-corrected chi connectivity index (χ2v) is 4.20. The molecule has 0 aromatic carbocycles. The zero-order valence-corrected chi connectivity index (χ0v) is 11.9. The molecule has 0 saturated carbocycles. The van der Waals surface area contributed by atoms with Gasteiger partial charge in [0, 0.05) is 5.70 Å². The van der Waals surface area contributed by atoms with Gasteiger partial charge in [0.2, 0.25) is 0 Å². The lowest BCUT2D eigenvalue weighted by Crippen LogP contribution is -2.04. The predicted molar refractivity (Wildman–Crippen MR) is 83.2 cm³/mol. The van der Waals surface area contributed by atoms with Crippen molar-refractivity contribution in [2.45, 2.75) is 33.6 Å². The minimum atomic E-state index is 0.726. The molecule has 1 heteroatoms. The Labute approximate surface area is 112 Å². The van der Waals surface area contributed by atoms with Crippen molar-refractivity contribution in [1.82, 2.24) is 0 Å². The number of nitrogens with two attached hydrogens (primary N) is 1. The Morgan fingerprint density at radius 2 is 1.72 bits per heavy atom. The molecule has 0 atom stereocenters. The molecule has 0 bridgehead atoms. The smallest absolute Gasteiger partial charge is 0.0413 e. The molecule has 2 N–H and O–H groups in total. The highest BCUT2D eigenvalue weighted by atomic mass is 14.6. The number of allylic oxidation sites excluding steroid dienone is 8. The van der Waals surface area contributed by atoms with Crippen LogP contribution in [0.4, 0.5) is 0 Å². The standard InChI is InChI=1S/C17H25N/c1-6-8-9-10-11-13-15(4)17(18)16(5)14(3)12-7-2/h6,8-11,13H,3,5,7,12,18H2,1-2,4H3/b8-6+,10-9-,13-11-,17-15-. The van der Waals surface area contributed by atoms with Gasteiger partial charge in [-0.15, -0.1) is 0 Å². The third kappa shape index (κ3) is 6.09. The summed E-state index contributed by atoms with van der Waals surface area (Å²) in [6.07, 6.45) is 13.9. The molecule has 0 spiro atoms. The van der Waals surface area contributed by atoms with E-state index < -0.39 is 0 Å². The van der Waals surface area contributed by atoms with Crippen molar-refractivity contribution >= 4 is 0 Å². The van der Waals surface area contributed by atoms with E-state index in [1.807, 2.05) is 50.3 Å². The first kappa shape index (κ1) is 16.2. The van der Waals surface area contributed by atoms with Crippen LogP contribution in [0.15, 0.2) is 72.0 Å². The SMILES string of the molecule is C=C(CCC)C(=C)/C(N)=C(C)/C=C\C=C/C=C/C. The fraction of sp³-hybridized carbons (Fsp3) is 0.294. The number of hydrogen-bond donors (Lipinski definition) is 1. The zero-order chi connectivity index (χ0) is 14.0. The molecule has 0 unspecified atom stereocenters. The van der Waals surface area contributed by atoms with Crippen LogP contribution in [0.1, 0.15) is 33.6 Å². The highest BCUT2D eigenvalue weighted by Crippen LogP contribution is 2.19. The molecule has 0 aliphatic carbocycles. The van der Waals surface area contributed by atoms with Crippen molar-refractivity contribution in [2.75, 3.05) is 0 Å². The molecule has 0 heterocycles. The molecule has 0 fully saturated rings. The average molecular weight is 243 g/mol. The minimum Gasteiger partial charge on any atom is -0.398 e. The summed E-state index contributed by atoms with van der Waals surface area (Å²) in [6.45, 7) is 14.1. The Morgan fingerprint density at radius 3 is 2.28 bits per heavy atom. The summed E-state index contributed by atoms with van der Waals surface area (Å²) in [5.41, 5.74) is 9.68. The van der Waals surface area contributed by atoms with Crippen LogP contribution in [0.2, 0.25) is 0 Å². The van der Waals surface area contributed by atoms with E-state index in [9.17, 15) is 0 Å². The summed E-state index contributed by atoms with van der Waals surface area (Å²) >= 11 is 0. The summed E-state index contributed by atoms with van der Waals surface area (Å²) in [6, 6.07) is 0. The Bertz CT molecular complexity index is 403. The van der Waals surface area contributed by atoms with Gasteiger partial charge in [0.15, 0.2) is 0 Å². The highest BCUT2D eigenvalue weighted by molar-refractivity contribution is 5.46. The quantitative estimate of drug-likeness (QED) is 0.637. The minimum absolute atomic E-state index is 0.726. The lowest BCUT2D eigenvalue weighted by Gasteiger charge is -2.10. The molecule has 1 nitrogen and oxygen atoms in total. The number of hydrogen-bond acceptors (Lipinski definition) is 1. The van der Waals surface area contributed by atoms with Gasteiger partial charge in [0.05, 0.1) is 0 Å².